The Bertz CT molecular complexity index is 1110. The van der Waals surface area contributed by atoms with E-state index in [1.54, 1.807) is 35.6 Å². The lowest BCUT2D eigenvalue weighted by Gasteiger charge is -2.27. The number of carbonyl (C=O) groups is 3. The van der Waals surface area contributed by atoms with E-state index in [0.717, 1.165) is 10.4 Å². The van der Waals surface area contributed by atoms with Crippen LogP contribution in [0, 0.1) is 0 Å². The van der Waals surface area contributed by atoms with Crippen LogP contribution in [0.3, 0.4) is 0 Å². The number of hydrogen-bond acceptors (Lipinski definition) is 4. The molecule has 2 N–H and O–H groups in total. The number of nitrogens with zero attached hydrogens (tertiary/aromatic N) is 1. The molecule has 0 spiro atoms. The van der Waals surface area contributed by atoms with Gasteiger partial charge >= 0.3 is 0 Å². The smallest absolute Gasteiger partial charge is 0.252 e. The van der Waals surface area contributed by atoms with Crippen LogP contribution in [0.2, 0.25) is 0 Å². The van der Waals surface area contributed by atoms with Gasteiger partial charge in [-0.25, -0.2) is 5.01 Å². The summed E-state index contributed by atoms with van der Waals surface area (Å²) in [6.07, 6.45) is 0.365. The topological polar surface area (TPSA) is 78.5 Å². The maximum absolute atomic E-state index is 13.0. The molecule has 3 amide bonds. The van der Waals surface area contributed by atoms with Crippen molar-refractivity contribution < 1.29 is 14.4 Å². The van der Waals surface area contributed by atoms with Crippen molar-refractivity contribution in [1.82, 2.24) is 10.7 Å². The maximum atomic E-state index is 13.0. The van der Waals surface area contributed by atoms with Gasteiger partial charge in [0.15, 0.2) is 0 Å². The predicted molar refractivity (Wildman–Crippen MR) is 125 cm³/mol. The molecule has 1 aromatic heterocycles. The molecule has 1 aliphatic rings. The fourth-order valence-corrected chi connectivity index (χ4v) is 4.41. The standard InChI is InChI=1S/C25H25N3O3S/c1-16(2)17-5-7-18(8-6-17)24(21-4-3-15-32-21)26-25(31)19-9-11-20(12-10-19)28-23(30)14-13-22(29)27-28/h3-12,15-16,24H,13-14H2,1-2H3,(H,26,31)(H,27,29). The average Bonchev–Trinajstić information content (AvgIpc) is 3.34. The molecule has 2 heterocycles. The van der Waals surface area contributed by atoms with Crippen molar-refractivity contribution in [3.63, 3.8) is 0 Å². The maximum Gasteiger partial charge on any atom is 0.252 e. The molecule has 32 heavy (non-hydrogen) atoms. The summed E-state index contributed by atoms with van der Waals surface area (Å²) in [6, 6.07) is 18.7. The second-order valence-electron chi connectivity index (χ2n) is 8.05. The van der Waals surface area contributed by atoms with Crippen molar-refractivity contribution in [1.29, 1.82) is 0 Å². The van der Waals surface area contributed by atoms with Gasteiger partial charge in [-0.05, 0) is 52.8 Å². The van der Waals surface area contributed by atoms with Crippen molar-refractivity contribution in [3.8, 4) is 0 Å². The van der Waals surface area contributed by atoms with Gasteiger partial charge in [-0.15, -0.1) is 11.3 Å². The number of hydrogen-bond donors (Lipinski definition) is 2. The molecule has 6 nitrogen and oxygen atoms in total. The highest BCUT2D eigenvalue weighted by Crippen LogP contribution is 2.28. The molecule has 2 aromatic carbocycles. The van der Waals surface area contributed by atoms with Gasteiger partial charge in [0.1, 0.15) is 0 Å². The highest BCUT2D eigenvalue weighted by atomic mass is 32.1. The summed E-state index contributed by atoms with van der Waals surface area (Å²) in [4.78, 5) is 37.8. The van der Waals surface area contributed by atoms with Crippen LogP contribution in [-0.4, -0.2) is 17.7 Å². The molecule has 0 aliphatic carbocycles. The SMILES string of the molecule is CC(C)c1ccc(C(NC(=O)c2ccc(N3NC(=O)CCC3=O)cc2)c2cccs2)cc1. The Morgan fingerprint density at radius 2 is 1.66 bits per heavy atom. The summed E-state index contributed by atoms with van der Waals surface area (Å²) in [5.74, 6) is -0.149. The fourth-order valence-electron chi connectivity index (χ4n) is 3.61. The Hall–Kier alpha value is -3.45. The summed E-state index contributed by atoms with van der Waals surface area (Å²) < 4.78 is 0. The van der Waals surface area contributed by atoms with E-state index in [9.17, 15) is 14.4 Å². The van der Waals surface area contributed by atoms with Gasteiger partial charge in [0.25, 0.3) is 5.91 Å². The van der Waals surface area contributed by atoms with Crippen molar-refractivity contribution in [2.24, 2.45) is 0 Å². The van der Waals surface area contributed by atoms with Gasteiger partial charge in [-0.3, -0.25) is 19.8 Å². The molecule has 4 rings (SSSR count). The first-order chi connectivity index (χ1) is 15.4. The summed E-state index contributed by atoms with van der Waals surface area (Å²) in [7, 11) is 0. The molecule has 0 radical (unpaired) electrons. The minimum atomic E-state index is -0.258. The number of benzene rings is 2. The average molecular weight is 448 g/mol. The van der Waals surface area contributed by atoms with Crippen LogP contribution >= 0.6 is 11.3 Å². The van der Waals surface area contributed by atoms with E-state index in [4.69, 9.17) is 0 Å². The highest BCUT2D eigenvalue weighted by Gasteiger charge is 2.25. The molecule has 1 aliphatic heterocycles. The number of nitrogens with one attached hydrogen (secondary N) is 2. The Kier molecular flexibility index (Phi) is 6.37. The first kappa shape index (κ1) is 21.8. The largest absolute Gasteiger partial charge is 0.340 e. The number of hydrazine groups is 1. The zero-order valence-corrected chi connectivity index (χ0v) is 18.8. The van der Waals surface area contributed by atoms with Gasteiger partial charge in [-0.1, -0.05) is 44.2 Å². The lowest BCUT2D eigenvalue weighted by atomic mass is 9.98. The molecule has 164 valence electrons. The zero-order valence-electron chi connectivity index (χ0n) is 18.0. The third-order valence-corrected chi connectivity index (χ3v) is 6.42. The molecule has 7 heteroatoms. The molecule has 0 saturated carbocycles. The van der Waals surface area contributed by atoms with Gasteiger partial charge in [0, 0.05) is 23.3 Å². The minimum Gasteiger partial charge on any atom is -0.340 e. The number of carbonyl (C=O) groups excluding carboxylic acids is 3. The van der Waals surface area contributed by atoms with Crippen LogP contribution in [-0.2, 0) is 9.59 Å². The number of thiophene rings is 1. The molecule has 1 saturated heterocycles. The third-order valence-electron chi connectivity index (χ3n) is 5.48. The highest BCUT2D eigenvalue weighted by molar-refractivity contribution is 7.10. The van der Waals surface area contributed by atoms with Crippen LogP contribution in [0.4, 0.5) is 5.69 Å². The van der Waals surface area contributed by atoms with Crippen LogP contribution in [0.1, 0.15) is 65.0 Å². The Balaban J connectivity index is 1.53. The summed E-state index contributed by atoms with van der Waals surface area (Å²) in [5.41, 5.74) is 5.83. The molecule has 0 bridgehead atoms. The lowest BCUT2D eigenvalue weighted by molar-refractivity contribution is -0.130. The molecule has 1 atom stereocenters. The normalized spacial score (nSPS) is 14.9. The van der Waals surface area contributed by atoms with E-state index in [1.165, 1.54) is 10.6 Å². The molecule has 3 aromatic rings. The predicted octanol–water partition coefficient (Wildman–Crippen LogP) is 4.55. The zero-order chi connectivity index (χ0) is 22.7. The van der Waals surface area contributed by atoms with E-state index in [1.807, 2.05) is 17.5 Å². The van der Waals surface area contributed by atoms with E-state index in [2.05, 4.69) is 48.9 Å². The minimum absolute atomic E-state index is 0.173. The van der Waals surface area contributed by atoms with Crippen molar-refractivity contribution in [3.05, 3.63) is 87.6 Å². The van der Waals surface area contributed by atoms with Crippen LogP contribution in [0.25, 0.3) is 0 Å². The number of amides is 3. The second kappa shape index (κ2) is 9.36. The van der Waals surface area contributed by atoms with Gasteiger partial charge in [0.05, 0.1) is 11.7 Å². The summed E-state index contributed by atoms with van der Waals surface area (Å²) in [5, 5.41) is 6.37. The Labute approximate surface area is 191 Å². The van der Waals surface area contributed by atoms with E-state index in [0.29, 0.717) is 17.2 Å². The van der Waals surface area contributed by atoms with Crippen LogP contribution < -0.4 is 15.8 Å². The summed E-state index contributed by atoms with van der Waals surface area (Å²) >= 11 is 1.60. The Morgan fingerprint density at radius 3 is 2.28 bits per heavy atom. The lowest BCUT2D eigenvalue weighted by Crippen LogP contribution is -2.50. The first-order valence-corrected chi connectivity index (χ1v) is 11.5. The van der Waals surface area contributed by atoms with Crippen LogP contribution in [0.15, 0.2) is 66.0 Å². The first-order valence-electron chi connectivity index (χ1n) is 10.6. The Morgan fingerprint density at radius 1 is 0.969 bits per heavy atom. The van der Waals surface area contributed by atoms with Crippen molar-refractivity contribution >= 4 is 34.7 Å². The van der Waals surface area contributed by atoms with Crippen molar-refractivity contribution in [2.45, 2.75) is 38.6 Å². The fraction of sp³-hybridized carbons (Fsp3) is 0.240. The number of anilines is 1. The van der Waals surface area contributed by atoms with Gasteiger partial charge in [-0.2, -0.15) is 0 Å². The van der Waals surface area contributed by atoms with Crippen molar-refractivity contribution in [2.75, 3.05) is 5.01 Å². The monoisotopic (exact) mass is 447 g/mol. The molecule has 1 unspecified atom stereocenters. The molecule has 1 fully saturated rings. The van der Waals surface area contributed by atoms with Gasteiger partial charge < -0.3 is 5.32 Å². The van der Waals surface area contributed by atoms with E-state index < -0.39 is 0 Å². The van der Waals surface area contributed by atoms with E-state index in [-0.39, 0.29) is 36.6 Å². The third kappa shape index (κ3) is 4.73. The van der Waals surface area contributed by atoms with E-state index >= 15 is 0 Å². The van der Waals surface area contributed by atoms with Crippen LogP contribution in [0.5, 0.6) is 0 Å². The summed E-state index contributed by atoms with van der Waals surface area (Å²) in [6.45, 7) is 4.31. The molecular weight excluding hydrogens is 422 g/mol. The number of rotatable bonds is 6. The quantitative estimate of drug-likeness (QED) is 0.582. The molecular formula is C25H25N3O3S. The van der Waals surface area contributed by atoms with Gasteiger partial charge in [0.2, 0.25) is 11.8 Å². The second-order valence-corrected chi connectivity index (χ2v) is 9.03.